The van der Waals surface area contributed by atoms with Crippen LogP contribution in [0.4, 0.5) is 5.69 Å². The molecule has 1 aromatic carbocycles. The minimum atomic E-state index is -3.22. The summed E-state index contributed by atoms with van der Waals surface area (Å²) in [5.74, 6) is 0.0142. The fourth-order valence-corrected chi connectivity index (χ4v) is 3.25. The molecule has 5 nitrogen and oxygen atoms in total. The van der Waals surface area contributed by atoms with Gasteiger partial charge >= 0.3 is 0 Å². The quantitative estimate of drug-likeness (QED) is 0.579. The van der Waals surface area contributed by atoms with E-state index in [1.807, 2.05) is 24.5 Å². The topological polar surface area (TPSA) is 75.4 Å². The van der Waals surface area contributed by atoms with Gasteiger partial charge in [0.2, 0.25) is 10.0 Å². The van der Waals surface area contributed by atoms with Gasteiger partial charge in [-0.25, -0.2) is 12.7 Å². The largest absolute Gasteiger partial charge is 0.389 e. The molecule has 112 valence electrons. The zero-order valence-corrected chi connectivity index (χ0v) is 14.2. The third-order valence-electron chi connectivity index (χ3n) is 2.72. The predicted octanol–water partition coefficient (Wildman–Crippen LogP) is 1.35. The van der Waals surface area contributed by atoms with Gasteiger partial charge in [-0.2, -0.15) is 0 Å². The first kappa shape index (κ1) is 17.2. The lowest BCUT2D eigenvalue weighted by molar-refractivity contribution is 0.521. The SMILES string of the molecule is CSc1cccc(NCCS(=O)(=O)N(C)C)c1C(N)=S. The molecule has 0 fully saturated rings. The fourth-order valence-electron chi connectivity index (χ4n) is 1.60. The maximum absolute atomic E-state index is 11.7. The molecule has 1 rings (SSSR count). The van der Waals surface area contributed by atoms with Crippen LogP contribution in [0.25, 0.3) is 0 Å². The Bertz CT molecular complexity index is 586. The Morgan fingerprint density at radius 3 is 2.60 bits per heavy atom. The van der Waals surface area contributed by atoms with Crippen LogP contribution in [-0.2, 0) is 10.0 Å². The average Bonchev–Trinajstić information content (AvgIpc) is 2.37. The minimum Gasteiger partial charge on any atom is -0.389 e. The van der Waals surface area contributed by atoms with Gasteiger partial charge in [-0.1, -0.05) is 18.3 Å². The summed E-state index contributed by atoms with van der Waals surface area (Å²) in [6.45, 7) is 0.300. The molecule has 0 unspecified atom stereocenters. The zero-order valence-electron chi connectivity index (χ0n) is 11.7. The first-order valence-electron chi connectivity index (χ1n) is 5.90. The van der Waals surface area contributed by atoms with E-state index < -0.39 is 10.0 Å². The van der Waals surface area contributed by atoms with E-state index in [-0.39, 0.29) is 5.75 Å². The second-order valence-corrected chi connectivity index (χ2v) is 7.86. The van der Waals surface area contributed by atoms with Crippen LogP contribution in [0.2, 0.25) is 0 Å². The molecule has 0 spiro atoms. The van der Waals surface area contributed by atoms with Gasteiger partial charge in [-0.05, 0) is 18.4 Å². The molecule has 8 heteroatoms. The average molecular weight is 334 g/mol. The van der Waals surface area contributed by atoms with Crippen LogP contribution in [0.5, 0.6) is 0 Å². The van der Waals surface area contributed by atoms with Crippen molar-refractivity contribution in [3.63, 3.8) is 0 Å². The highest BCUT2D eigenvalue weighted by Gasteiger charge is 2.14. The Labute approximate surface area is 130 Å². The highest BCUT2D eigenvalue weighted by atomic mass is 32.2. The second-order valence-electron chi connectivity index (χ2n) is 4.27. The minimum absolute atomic E-state index is 0.0142. The molecule has 20 heavy (non-hydrogen) atoms. The summed E-state index contributed by atoms with van der Waals surface area (Å²) in [7, 11) is -0.180. The van der Waals surface area contributed by atoms with Crippen molar-refractivity contribution in [2.24, 2.45) is 5.73 Å². The molecule has 0 aliphatic heterocycles. The van der Waals surface area contributed by atoms with Gasteiger partial charge < -0.3 is 11.1 Å². The molecule has 0 aliphatic carbocycles. The summed E-state index contributed by atoms with van der Waals surface area (Å²) in [5.41, 5.74) is 7.27. The number of hydrogen-bond acceptors (Lipinski definition) is 5. The maximum atomic E-state index is 11.7. The van der Waals surface area contributed by atoms with Crippen LogP contribution in [0.3, 0.4) is 0 Å². The van der Waals surface area contributed by atoms with Gasteiger partial charge in [0.05, 0.1) is 5.75 Å². The second kappa shape index (κ2) is 7.26. The number of nitrogens with two attached hydrogens (primary N) is 1. The monoisotopic (exact) mass is 333 g/mol. The molecule has 0 saturated heterocycles. The third kappa shape index (κ3) is 4.34. The van der Waals surface area contributed by atoms with Crippen LogP contribution in [0, 0.1) is 0 Å². The van der Waals surface area contributed by atoms with Crippen molar-refractivity contribution in [2.75, 3.05) is 38.0 Å². The maximum Gasteiger partial charge on any atom is 0.215 e. The van der Waals surface area contributed by atoms with E-state index in [1.165, 1.54) is 18.4 Å². The lowest BCUT2D eigenvalue weighted by Crippen LogP contribution is -2.28. The standard InChI is InChI=1S/C12H19N3O2S3/c1-15(2)20(16,17)8-7-14-9-5-4-6-10(19-3)11(9)12(13)18/h4-6,14H,7-8H2,1-3H3,(H2,13,18). The molecule has 0 amide bonds. The van der Waals surface area contributed by atoms with E-state index in [4.69, 9.17) is 18.0 Å². The summed E-state index contributed by atoms with van der Waals surface area (Å²) < 4.78 is 24.6. The lowest BCUT2D eigenvalue weighted by atomic mass is 10.1. The molecule has 0 aromatic heterocycles. The molecule has 0 heterocycles. The van der Waals surface area contributed by atoms with Crippen molar-refractivity contribution in [3.05, 3.63) is 23.8 Å². The molecule has 3 N–H and O–H groups in total. The number of sulfonamides is 1. The fraction of sp³-hybridized carbons (Fsp3) is 0.417. The number of nitrogens with one attached hydrogen (secondary N) is 1. The molecular formula is C12H19N3O2S3. The van der Waals surface area contributed by atoms with E-state index in [0.29, 0.717) is 11.5 Å². The summed E-state index contributed by atoms with van der Waals surface area (Å²) in [4.78, 5) is 1.27. The molecule has 0 aliphatic rings. The van der Waals surface area contributed by atoms with Crippen LogP contribution < -0.4 is 11.1 Å². The number of thioether (sulfide) groups is 1. The molecule has 0 atom stereocenters. The van der Waals surface area contributed by atoms with Crippen LogP contribution in [0.15, 0.2) is 23.1 Å². The van der Waals surface area contributed by atoms with Crippen molar-refractivity contribution >= 4 is 44.7 Å². The zero-order chi connectivity index (χ0) is 15.3. The van der Waals surface area contributed by atoms with E-state index >= 15 is 0 Å². The van der Waals surface area contributed by atoms with Crippen LogP contribution in [0.1, 0.15) is 5.56 Å². The number of anilines is 1. The van der Waals surface area contributed by atoms with Crippen LogP contribution in [-0.4, -0.2) is 50.4 Å². The van der Waals surface area contributed by atoms with Crippen molar-refractivity contribution < 1.29 is 8.42 Å². The third-order valence-corrected chi connectivity index (χ3v) is 5.54. The van der Waals surface area contributed by atoms with Crippen molar-refractivity contribution in [1.82, 2.24) is 4.31 Å². The Hall–Kier alpha value is -0.830. The van der Waals surface area contributed by atoms with Crippen LogP contribution >= 0.6 is 24.0 Å². The van der Waals surface area contributed by atoms with Gasteiger partial charge in [-0.15, -0.1) is 11.8 Å². The van der Waals surface area contributed by atoms with Crippen molar-refractivity contribution in [2.45, 2.75) is 4.90 Å². The number of rotatable bonds is 7. The van der Waals surface area contributed by atoms with Gasteiger partial charge in [-0.3, -0.25) is 0 Å². The van der Waals surface area contributed by atoms with Gasteiger partial charge in [0, 0.05) is 36.8 Å². The van der Waals surface area contributed by atoms with Crippen molar-refractivity contribution in [1.29, 1.82) is 0 Å². The number of nitrogens with zero attached hydrogens (tertiary/aromatic N) is 1. The molecule has 1 aromatic rings. The number of benzene rings is 1. The smallest absolute Gasteiger partial charge is 0.215 e. The van der Waals surface area contributed by atoms with E-state index in [1.54, 1.807) is 11.8 Å². The van der Waals surface area contributed by atoms with E-state index in [2.05, 4.69) is 5.32 Å². The Balaban J connectivity index is 2.86. The highest BCUT2D eigenvalue weighted by Crippen LogP contribution is 2.26. The Morgan fingerprint density at radius 1 is 1.45 bits per heavy atom. The van der Waals surface area contributed by atoms with Gasteiger partial charge in [0.15, 0.2) is 0 Å². The summed E-state index contributed by atoms with van der Waals surface area (Å²) in [6, 6.07) is 5.66. The number of thiocarbonyl (C=S) groups is 1. The Kier molecular flexibility index (Phi) is 6.25. The van der Waals surface area contributed by atoms with E-state index in [9.17, 15) is 8.42 Å². The first-order chi connectivity index (χ1) is 9.29. The normalized spacial score (nSPS) is 11.6. The van der Waals surface area contributed by atoms with Gasteiger partial charge in [0.1, 0.15) is 4.99 Å². The summed E-state index contributed by atoms with van der Waals surface area (Å²) in [6.07, 6.45) is 1.94. The predicted molar refractivity (Wildman–Crippen MR) is 90.1 cm³/mol. The van der Waals surface area contributed by atoms with E-state index in [0.717, 1.165) is 16.1 Å². The summed E-state index contributed by atoms with van der Waals surface area (Å²) in [5, 5.41) is 3.09. The molecular weight excluding hydrogens is 314 g/mol. The molecule has 0 bridgehead atoms. The number of hydrogen-bond donors (Lipinski definition) is 2. The lowest BCUT2D eigenvalue weighted by Gasteiger charge is -2.15. The Morgan fingerprint density at radius 2 is 2.10 bits per heavy atom. The van der Waals surface area contributed by atoms with Gasteiger partial charge in [0.25, 0.3) is 0 Å². The summed E-state index contributed by atoms with van der Waals surface area (Å²) >= 11 is 6.61. The highest BCUT2D eigenvalue weighted by molar-refractivity contribution is 7.98. The van der Waals surface area contributed by atoms with Crippen molar-refractivity contribution in [3.8, 4) is 0 Å². The first-order valence-corrected chi connectivity index (χ1v) is 9.14. The molecule has 0 radical (unpaired) electrons. The molecule has 0 saturated carbocycles.